The summed E-state index contributed by atoms with van der Waals surface area (Å²) in [7, 11) is 0. The maximum absolute atomic E-state index is 11.8. The first-order valence-electron chi connectivity index (χ1n) is 6.75. The smallest absolute Gasteiger partial charge is 0.271 e. The normalized spacial score (nSPS) is 18.2. The molecule has 1 aliphatic heterocycles. The van der Waals surface area contributed by atoms with Crippen LogP contribution in [0.5, 0.6) is 0 Å². The number of amides is 1. The first-order chi connectivity index (χ1) is 9.15. The Morgan fingerprint density at radius 2 is 2.32 bits per heavy atom. The Balaban J connectivity index is 1.70. The third kappa shape index (κ3) is 4.33. The third-order valence-corrected chi connectivity index (χ3v) is 3.22. The highest BCUT2D eigenvalue weighted by molar-refractivity contribution is 5.92. The van der Waals surface area contributed by atoms with Crippen LogP contribution in [0.2, 0.25) is 0 Å². The third-order valence-electron chi connectivity index (χ3n) is 3.22. The number of nitrogens with zero attached hydrogens (tertiary/aromatic N) is 2. The molecule has 1 amide bonds. The zero-order chi connectivity index (χ0) is 13.7. The summed E-state index contributed by atoms with van der Waals surface area (Å²) < 4.78 is 5.32. The van der Waals surface area contributed by atoms with Gasteiger partial charge in [0.2, 0.25) is 0 Å². The van der Waals surface area contributed by atoms with Gasteiger partial charge in [0.05, 0.1) is 13.2 Å². The van der Waals surface area contributed by atoms with Crippen LogP contribution in [0.25, 0.3) is 0 Å². The van der Waals surface area contributed by atoms with E-state index in [2.05, 4.69) is 27.3 Å². The maximum Gasteiger partial charge on any atom is 0.271 e. The second kappa shape index (κ2) is 6.68. The minimum atomic E-state index is -0.113. The molecule has 19 heavy (non-hydrogen) atoms. The van der Waals surface area contributed by atoms with E-state index in [1.54, 1.807) is 6.07 Å². The summed E-state index contributed by atoms with van der Waals surface area (Å²) in [5.74, 6) is 0.306. The van der Waals surface area contributed by atoms with Gasteiger partial charge in [-0.3, -0.25) is 14.8 Å². The average molecular weight is 266 g/mol. The molecule has 1 aromatic rings. The van der Waals surface area contributed by atoms with Gasteiger partial charge in [0.25, 0.3) is 5.91 Å². The van der Waals surface area contributed by atoms with Crippen LogP contribution < -0.4 is 5.32 Å². The standard InChI is InChI=1S/C13H22N4O2/c1-10(9-17-3-5-19-6-4-17)8-14-13(18)12-7-11(2)15-16-12/h7,10H,3-6,8-9H2,1-2H3,(H,14,18)(H,15,16). The molecule has 1 fully saturated rings. The van der Waals surface area contributed by atoms with E-state index in [-0.39, 0.29) is 5.91 Å². The Morgan fingerprint density at radius 3 is 2.95 bits per heavy atom. The number of morpholine rings is 1. The number of aromatic amines is 1. The SMILES string of the molecule is Cc1cc(C(=O)NCC(C)CN2CCOCC2)n[nH]1. The van der Waals surface area contributed by atoms with Crippen LogP contribution in [0, 0.1) is 12.8 Å². The lowest BCUT2D eigenvalue weighted by atomic mass is 10.1. The van der Waals surface area contributed by atoms with Crippen molar-refractivity contribution in [2.24, 2.45) is 5.92 Å². The van der Waals surface area contributed by atoms with Gasteiger partial charge in [0.1, 0.15) is 5.69 Å². The number of rotatable bonds is 5. The van der Waals surface area contributed by atoms with Gasteiger partial charge in [-0.25, -0.2) is 0 Å². The zero-order valence-electron chi connectivity index (χ0n) is 11.6. The van der Waals surface area contributed by atoms with E-state index in [1.165, 1.54) is 0 Å². The van der Waals surface area contributed by atoms with Crippen LogP contribution in [0.1, 0.15) is 23.1 Å². The van der Waals surface area contributed by atoms with Crippen molar-refractivity contribution in [3.05, 3.63) is 17.5 Å². The number of ether oxygens (including phenoxy) is 1. The van der Waals surface area contributed by atoms with Crippen LogP contribution in [0.3, 0.4) is 0 Å². The summed E-state index contributed by atoms with van der Waals surface area (Å²) >= 11 is 0. The minimum Gasteiger partial charge on any atom is -0.379 e. The molecule has 2 heterocycles. The van der Waals surface area contributed by atoms with Gasteiger partial charge in [0.15, 0.2) is 0 Å². The number of H-pyrrole nitrogens is 1. The van der Waals surface area contributed by atoms with E-state index in [1.807, 2.05) is 6.92 Å². The van der Waals surface area contributed by atoms with E-state index in [0.29, 0.717) is 18.2 Å². The van der Waals surface area contributed by atoms with E-state index in [9.17, 15) is 4.79 Å². The van der Waals surface area contributed by atoms with Crippen molar-refractivity contribution >= 4 is 5.91 Å². The van der Waals surface area contributed by atoms with Gasteiger partial charge in [-0.15, -0.1) is 0 Å². The first kappa shape index (κ1) is 14.0. The van der Waals surface area contributed by atoms with Crippen LogP contribution in [-0.4, -0.2) is 60.4 Å². The molecule has 1 unspecified atom stereocenters. The van der Waals surface area contributed by atoms with E-state index in [4.69, 9.17) is 4.74 Å². The highest BCUT2D eigenvalue weighted by Gasteiger charge is 2.15. The molecule has 1 aromatic heterocycles. The molecule has 1 saturated heterocycles. The fraction of sp³-hybridized carbons (Fsp3) is 0.692. The lowest BCUT2D eigenvalue weighted by Gasteiger charge is -2.29. The lowest BCUT2D eigenvalue weighted by Crippen LogP contribution is -2.41. The Labute approximate surface area is 113 Å². The van der Waals surface area contributed by atoms with Crippen LogP contribution in [0.4, 0.5) is 0 Å². The second-order valence-electron chi connectivity index (χ2n) is 5.16. The summed E-state index contributed by atoms with van der Waals surface area (Å²) in [4.78, 5) is 14.2. The van der Waals surface area contributed by atoms with Crippen molar-refractivity contribution in [3.63, 3.8) is 0 Å². The molecule has 2 N–H and O–H groups in total. The predicted octanol–water partition coefficient (Wildman–Crippen LogP) is 0.416. The quantitative estimate of drug-likeness (QED) is 0.810. The highest BCUT2D eigenvalue weighted by atomic mass is 16.5. The van der Waals surface area contributed by atoms with Gasteiger partial charge in [-0.2, -0.15) is 5.10 Å². The molecule has 1 aliphatic rings. The number of nitrogens with one attached hydrogen (secondary N) is 2. The largest absolute Gasteiger partial charge is 0.379 e. The summed E-state index contributed by atoms with van der Waals surface area (Å²) in [5, 5.41) is 9.64. The molecule has 0 bridgehead atoms. The molecule has 0 saturated carbocycles. The highest BCUT2D eigenvalue weighted by Crippen LogP contribution is 2.03. The van der Waals surface area contributed by atoms with Crippen LogP contribution >= 0.6 is 0 Å². The fourth-order valence-corrected chi connectivity index (χ4v) is 2.18. The average Bonchev–Trinajstić information content (AvgIpc) is 2.84. The molecule has 0 aromatic carbocycles. The van der Waals surface area contributed by atoms with Crippen molar-refractivity contribution in [3.8, 4) is 0 Å². The predicted molar refractivity (Wildman–Crippen MR) is 72.1 cm³/mol. The summed E-state index contributed by atoms with van der Waals surface area (Å²) in [5.41, 5.74) is 1.35. The van der Waals surface area contributed by atoms with E-state index < -0.39 is 0 Å². The van der Waals surface area contributed by atoms with Crippen molar-refractivity contribution in [1.29, 1.82) is 0 Å². The van der Waals surface area contributed by atoms with Crippen molar-refractivity contribution in [1.82, 2.24) is 20.4 Å². The lowest BCUT2D eigenvalue weighted by molar-refractivity contribution is 0.0317. The molecule has 0 aliphatic carbocycles. The van der Waals surface area contributed by atoms with Gasteiger partial charge in [0, 0.05) is 31.9 Å². The molecule has 2 rings (SSSR count). The fourth-order valence-electron chi connectivity index (χ4n) is 2.18. The molecule has 106 valence electrons. The van der Waals surface area contributed by atoms with E-state index >= 15 is 0 Å². The molecule has 1 atom stereocenters. The van der Waals surface area contributed by atoms with Gasteiger partial charge < -0.3 is 10.1 Å². The summed E-state index contributed by atoms with van der Waals surface area (Å²) in [6.45, 7) is 9.27. The van der Waals surface area contributed by atoms with Crippen molar-refractivity contribution in [2.75, 3.05) is 39.4 Å². The zero-order valence-corrected chi connectivity index (χ0v) is 11.6. The van der Waals surface area contributed by atoms with Crippen LogP contribution in [0.15, 0.2) is 6.07 Å². The molecular formula is C13H22N4O2. The van der Waals surface area contributed by atoms with Gasteiger partial charge >= 0.3 is 0 Å². The van der Waals surface area contributed by atoms with Gasteiger partial charge in [-0.05, 0) is 18.9 Å². The van der Waals surface area contributed by atoms with E-state index in [0.717, 1.165) is 38.5 Å². The van der Waals surface area contributed by atoms with Gasteiger partial charge in [-0.1, -0.05) is 6.92 Å². The Morgan fingerprint density at radius 1 is 1.58 bits per heavy atom. The number of aromatic nitrogens is 2. The Kier molecular flexibility index (Phi) is 4.93. The summed E-state index contributed by atoms with van der Waals surface area (Å²) in [6.07, 6.45) is 0. The minimum absolute atomic E-state index is 0.113. The second-order valence-corrected chi connectivity index (χ2v) is 5.16. The molecule has 6 nitrogen and oxygen atoms in total. The molecule has 6 heteroatoms. The van der Waals surface area contributed by atoms with Crippen molar-refractivity contribution in [2.45, 2.75) is 13.8 Å². The Hall–Kier alpha value is -1.40. The number of carbonyl (C=O) groups is 1. The number of carbonyl (C=O) groups excluding carboxylic acids is 1. The molecule has 0 spiro atoms. The maximum atomic E-state index is 11.8. The number of hydrogen-bond donors (Lipinski definition) is 2. The first-order valence-corrected chi connectivity index (χ1v) is 6.75. The topological polar surface area (TPSA) is 70.2 Å². The number of aryl methyl sites for hydroxylation is 1. The monoisotopic (exact) mass is 266 g/mol. The van der Waals surface area contributed by atoms with Crippen molar-refractivity contribution < 1.29 is 9.53 Å². The Bertz CT molecular complexity index is 413. The van der Waals surface area contributed by atoms with Crippen LogP contribution in [-0.2, 0) is 4.74 Å². The molecule has 0 radical (unpaired) electrons. The number of hydrogen-bond acceptors (Lipinski definition) is 4. The summed E-state index contributed by atoms with van der Waals surface area (Å²) in [6, 6.07) is 1.75. The molecular weight excluding hydrogens is 244 g/mol.